The summed E-state index contributed by atoms with van der Waals surface area (Å²) in [7, 11) is 0. The van der Waals surface area contributed by atoms with Crippen LogP contribution in [-0.2, 0) is 9.53 Å². The van der Waals surface area contributed by atoms with Crippen molar-refractivity contribution in [1.29, 1.82) is 0 Å². The molecule has 1 unspecified atom stereocenters. The molecule has 2 aliphatic rings. The first-order valence-electron chi connectivity index (χ1n) is 8.89. The summed E-state index contributed by atoms with van der Waals surface area (Å²) in [5, 5.41) is 9.67. The monoisotopic (exact) mass is 347 g/mol. The number of carboxylic acids is 1. The minimum absolute atomic E-state index is 0.152. The van der Waals surface area contributed by atoms with E-state index in [9.17, 15) is 14.7 Å². The van der Waals surface area contributed by atoms with E-state index in [2.05, 4.69) is 0 Å². The third-order valence-electron chi connectivity index (χ3n) is 5.30. The van der Waals surface area contributed by atoms with Crippen LogP contribution in [0.2, 0.25) is 0 Å². The number of carboxylic acid groups (broad SMARTS) is 1. The highest BCUT2D eigenvalue weighted by molar-refractivity contribution is 5.97. The van der Waals surface area contributed by atoms with E-state index in [1.54, 1.807) is 23.1 Å². The van der Waals surface area contributed by atoms with Gasteiger partial charge < -0.3 is 19.5 Å². The molecule has 1 amide bonds. The van der Waals surface area contributed by atoms with Gasteiger partial charge in [-0.25, -0.2) is 0 Å². The van der Waals surface area contributed by atoms with E-state index in [0.717, 1.165) is 6.42 Å². The third-order valence-corrected chi connectivity index (χ3v) is 5.30. The summed E-state index contributed by atoms with van der Waals surface area (Å²) in [6.07, 6.45) is 2.22. The normalized spacial score (nSPS) is 22.1. The van der Waals surface area contributed by atoms with Crippen LogP contribution in [0.5, 0.6) is 5.75 Å². The van der Waals surface area contributed by atoms with Crippen molar-refractivity contribution < 1.29 is 24.2 Å². The summed E-state index contributed by atoms with van der Waals surface area (Å²) in [5.74, 6) is -0.952. The quantitative estimate of drug-likeness (QED) is 0.885. The van der Waals surface area contributed by atoms with Crippen LogP contribution in [0.3, 0.4) is 0 Å². The molecule has 0 saturated carbocycles. The van der Waals surface area contributed by atoms with Gasteiger partial charge >= 0.3 is 5.97 Å². The molecule has 25 heavy (non-hydrogen) atoms. The van der Waals surface area contributed by atoms with Gasteiger partial charge in [-0.15, -0.1) is 0 Å². The average Bonchev–Trinajstić information content (AvgIpc) is 2.99. The molecule has 2 aliphatic heterocycles. The van der Waals surface area contributed by atoms with Crippen molar-refractivity contribution in [2.75, 3.05) is 32.9 Å². The lowest BCUT2D eigenvalue weighted by molar-refractivity contribution is -0.146. The second-order valence-corrected chi connectivity index (χ2v) is 6.90. The number of hydrogen-bond donors (Lipinski definition) is 1. The van der Waals surface area contributed by atoms with Crippen molar-refractivity contribution in [2.24, 2.45) is 11.3 Å². The molecule has 1 N–H and O–H groups in total. The lowest BCUT2D eigenvalue weighted by Crippen LogP contribution is -2.40. The molecule has 3 rings (SSSR count). The summed E-state index contributed by atoms with van der Waals surface area (Å²) < 4.78 is 11.1. The van der Waals surface area contributed by atoms with E-state index >= 15 is 0 Å². The fourth-order valence-electron chi connectivity index (χ4n) is 3.90. The molecule has 1 aromatic rings. The van der Waals surface area contributed by atoms with Gasteiger partial charge in [0.15, 0.2) is 0 Å². The number of carbonyl (C=O) groups excluding carboxylic acids is 1. The SMILES string of the molecule is CCCOc1ccccc1C(=O)N1CC(C(=O)O)C2(CCOCC2)C1. The molecule has 0 aromatic heterocycles. The van der Waals surface area contributed by atoms with Crippen LogP contribution in [0.25, 0.3) is 0 Å². The first-order chi connectivity index (χ1) is 12.1. The van der Waals surface area contributed by atoms with Crippen molar-refractivity contribution >= 4 is 11.9 Å². The fraction of sp³-hybridized carbons (Fsp3) is 0.579. The van der Waals surface area contributed by atoms with Crippen molar-refractivity contribution in [3.63, 3.8) is 0 Å². The minimum atomic E-state index is -0.826. The molecule has 1 aromatic carbocycles. The molecule has 2 fully saturated rings. The van der Waals surface area contributed by atoms with Crippen molar-refractivity contribution in [1.82, 2.24) is 4.90 Å². The number of benzene rings is 1. The third kappa shape index (κ3) is 3.49. The topological polar surface area (TPSA) is 76.1 Å². The van der Waals surface area contributed by atoms with Crippen molar-refractivity contribution in [3.8, 4) is 5.75 Å². The van der Waals surface area contributed by atoms with Crippen LogP contribution in [-0.4, -0.2) is 54.8 Å². The zero-order chi connectivity index (χ0) is 17.9. The van der Waals surface area contributed by atoms with Gasteiger partial charge in [0.05, 0.1) is 18.1 Å². The van der Waals surface area contributed by atoms with E-state index in [-0.39, 0.29) is 17.9 Å². The Labute approximate surface area is 147 Å². The number of aliphatic carboxylic acids is 1. The van der Waals surface area contributed by atoms with Crippen LogP contribution in [0.4, 0.5) is 0 Å². The van der Waals surface area contributed by atoms with Gasteiger partial charge in [-0.05, 0) is 31.4 Å². The number of hydrogen-bond acceptors (Lipinski definition) is 4. The van der Waals surface area contributed by atoms with Crippen LogP contribution in [0, 0.1) is 11.3 Å². The van der Waals surface area contributed by atoms with Crippen LogP contribution in [0.15, 0.2) is 24.3 Å². The second-order valence-electron chi connectivity index (χ2n) is 6.90. The largest absolute Gasteiger partial charge is 0.493 e. The van der Waals surface area contributed by atoms with Gasteiger partial charge in [0.2, 0.25) is 0 Å². The maximum atomic E-state index is 13.0. The predicted octanol–water partition coefficient (Wildman–Crippen LogP) is 2.43. The molecule has 1 atom stereocenters. The van der Waals surface area contributed by atoms with Gasteiger partial charge in [-0.1, -0.05) is 19.1 Å². The molecule has 136 valence electrons. The Kier molecular flexibility index (Phi) is 5.27. The lowest BCUT2D eigenvalue weighted by atomic mass is 9.72. The Morgan fingerprint density at radius 2 is 2.04 bits per heavy atom. The Bertz CT molecular complexity index is 638. The number of rotatable bonds is 5. The summed E-state index contributed by atoms with van der Waals surface area (Å²) in [6, 6.07) is 7.18. The first kappa shape index (κ1) is 17.7. The number of likely N-dealkylation sites (tertiary alicyclic amines) is 1. The Morgan fingerprint density at radius 3 is 2.72 bits per heavy atom. The standard InChI is InChI=1S/C19H25NO5/c1-2-9-25-16-6-4-3-5-14(16)17(21)20-12-15(18(22)23)19(13-20)7-10-24-11-8-19/h3-6,15H,2,7-13H2,1H3,(H,22,23). The molecule has 2 saturated heterocycles. The Balaban J connectivity index is 1.83. The van der Waals surface area contributed by atoms with Crippen LogP contribution < -0.4 is 4.74 Å². The maximum absolute atomic E-state index is 13.0. The molecule has 0 radical (unpaired) electrons. The zero-order valence-electron chi connectivity index (χ0n) is 14.6. The smallest absolute Gasteiger partial charge is 0.308 e. The molecule has 6 nitrogen and oxygen atoms in total. The highest BCUT2D eigenvalue weighted by atomic mass is 16.5. The summed E-state index contributed by atoms with van der Waals surface area (Å²) in [6.45, 7) is 4.38. The Hall–Kier alpha value is -2.08. The number of ether oxygens (including phenoxy) is 2. The molecule has 0 aliphatic carbocycles. The molecule has 2 heterocycles. The van der Waals surface area contributed by atoms with E-state index in [0.29, 0.717) is 50.5 Å². The molecule has 0 bridgehead atoms. The van der Waals surface area contributed by atoms with E-state index in [1.165, 1.54) is 0 Å². The summed E-state index contributed by atoms with van der Waals surface area (Å²) in [5.41, 5.74) is 0.128. The molecular weight excluding hydrogens is 322 g/mol. The number of nitrogens with zero attached hydrogens (tertiary/aromatic N) is 1. The highest BCUT2D eigenvalue weighted by Crippen LogP contribution is 2.45. The Morgan fingerprint density at radius 1 is 1.32 bits per heavy atom. The van der Waals surface area contributed by atoms with Gasteiger partial charge in [0, 0.05) is 31.7 Å². The summed E-state index contributed by atoms with van der Waals surface area (Å²) >= 11 is 0. The van der Waals surface area contributed by atoms with Gasteiger partial charge in [0.1, 0.15) is 5.75 Å². The molecular formula is C19H25NO5. The zero-order valence-corrected chi connectivity index (χ0v) is 14.6. The van der Waals surface area contributed by atoms with Crippen molar-refractivity contribution in [3.05, 3.63) is 29.8 Å². The lowest BCUT2D eigenvalue weighted by Gasteiger charge is -2.36. The van der Waals surface area contributed by atoms with Gasteiger partial charge in [-0.2, -0.15) is 0 Å². The first-order valence-corrected chi connectivity index (χ1v) is 8.89. The highest BCUT2D eigenvalue weighted by Gasteiger charge is 2.52. The van der Waals surface area contributed by atoms with Crippen LogP contribution in [0.1, 0.15) is 36.5 Å². The number of amides is 1. The van der Waals surface area contributed by atoms with E-state index in [4.69, 9.17) is 9.47 Å². The molecule has 6 heteroatoms. The van der Waals surface area contributed by atoms with Crippen LogP contribution >= 0.6 is 0 Å². The minimum Gasteiger partial charge on any atom is -0.493 e. The van der Waals surface area contributed by atoms with E-state index in [1.807, 2.05) is 13.0 Å². The van der Waals surface area contributed by atoms with Crippen molar-refractivity contribution in [2.45, 2.75) is 26.2 Å². The molecule has 1 spiro atoms. The van der Waals surface area contributed by atoms with E-state index < -0.39 is 11.9 Å². The van der Waals surface area contributed by atoms with Gasteiger partial charge in [-0.3, -0.25) is 9.59 Å². The number of para-hydroxylation sites is 1. The summed E-state index contributed by atoms with van der Waals surface area (Å²) in [4.78, 5) is 26.5. The fourth-order valence-corrected chi connectivity index (χ4v) is 3.90. The number of carbonyl (C=O) groups is 2. The van der Waals surface area contributed by atoms with Gasteiger partial charge in [0.25, 0.3) is 5.91 Å². The second kappa shape index (κ2) is 7.44. The predicted molar refractivity (Wildman–Crippen MR) is 91.7 cm³/mol. The maximum Gasteiger partial charge on any atom is 0.308 e. The average molecular weight is 347 g/mol.